The van der Waals surface area contributed by atoms with E-state index in [1.807, 2.05) is 48.5 Å². The average Bonchev–Trinajstić information content (AvgIpc) is 4.03. The smallest absolute Gasteiger partial charge is 0.164 e. The average molecular weight is 807 g/mol. The lowest BCUT2D eigenvalue weighted by Gasteiger charge is -2.09. The molecule has 9 aromatic carbocycles. The summed E-state index contributed by atoms with van der Waals surface area (Å²) >= 11 is 0. The summed E-state index contributed by atoms with van der Waals surface area (Å²) < 4.78 is 15.5. The lowest BCUT2D eigenvalue weighted by molar-refractivity contribution is 0.668. The molecule has 0 aliphatic heterocycles. The SMILES string of the molecule is c1ccc(-c2ccc3c(c2)oc2cc(-c4nc(-c5ccccc5)nc(-c5ccc6c(c5)oc5ccc(-n7c8ccccc8c8c(-c9ccccc9)cccc87)cc56)n4)ccc23)cc1. The van der Waals surface area contributed by atoms with Crippen molar-refractivity contribution in [3.8, 4) is 62.1 Å². The Balaban J connectivity index is 0.920. The van der Waals surface area contributed by atoms with Gasteiger partial charge in [0, 0.05) is 54.7 Å². The lowest BCUT2D eigenvalue weighted by atomic mass is 9.99. The largest absolute Gasteiger partial charge is 0.456 e. The van der Waals surface area contributed by atoms with E-state index in [2.05, 4.69) is 162 Å². The molecule has 0 unspecified atom stereocenters. The van der Waals surface area contributed by atoms with Crippen molar-refractivity contribution in [1.29, 1.82) is 0 Å². The van der Waals surface area contributed by atoms with E-state index in [0.717, 1.165) is 88.4 Å². The monoisotopic (exact) mass is 806 g/mol. The van der Waals surface area contributed by atoms with Gasteiger partial charge in [-0.1, -0.05) is 140 Å². The van der Waals surface area contributed by atoms with Crippen LogP contribution in [0.4, 0.5) is 0 Å². The normalized spacial score (nSPS) is 11.8. The maximum Gasteiger partial charge on any atom is 0.164 e. The molecule has 4 heterocycles. The van der Waals surface area contributed by atoms with Gasteiger partial charge >= 0.3 is 0 Å². The topological polar surface area (TPSA) is 69.9 Å². The molecule has 0 atom stereocenters. The summed E-state index contributed by atoms with van der Waals surface area (Å²) in [6.07, 6.45) is 0. The number of furan rings is 2. The van der Waals surface area contributed by atoms with Gasteiger partial charge in [-0.05, 0) is 89.0 Å². The van der Waals surface area contributed by atoms with E-state index < -0.39 is 0 Å². The highest BCUT2D eigenvalue weighted by Crippen LogP contribution is 2.41. The predicted octanol–water partition coefficient (Wildman–Crippen LogP) is 15.1. The highest BCUT2D eigenvalue weighted by molar-refractivity contribution is 6.16. The highest BCUT2D eigenvalue weighted by Gasteiger charge is 2.19. The van der Waals surface area contributed by atoms with E-state index in [1.165, 1.54) is 21.9 Å². The Morgan fingerprint density at radius 2 is 0.810 bits per heavy atom. The zero-order valence-corrected chi connectivity index (χ0v) is 33.7. The standard InChI is InChI=1S/C57H34N4O2/c1-4-13-35(14-5-1)38-23-27-43-44-28-24-39(32-52(44)63-51(43)31-38)56-58-55(37-17-8-3-9-18-37)59-57(60-56)40-25-29-45-47-34-41(26-30-50(47)62-53(45)33-40)61-48-21-11-10-19-46(48)54-42(20-12-22-49(54)61)36-15-6-2-7-16-36/h1-34H. The summed E-state index contributed by atoms with van der Waals surface area (Å²) in [4.78, 5) is 15.2. The van der Waals surface area contributed by atoms with E-state index in [1.54, 1.807) is 0 Å². The van der Waals surface area contributed by atoms with Gasteiger partial charge in [0.15, 0.2) is 17.5 Å². The molecule has 13 aromatic rings. The second-order valence-electron chi connectivity index (χ2n) is 16.0. The van der Waals surface area contributed by atoms with E-state index in [9.17, 15) is 0 Å². The summed E-state index contributed by atoms with van der Waals surface area (Å²) in [6, 6.07) is 71.6. The molecule has 0 saturated heterocycles. The van der Waals surface area contributed by atoms with E-state index in [-0.39, 0.29) is 0 Å². The van der Waals surface area contributed by atoms with Gasteiger partial charge in [0.1, 0.15) is 22.3 Å². The van der Waals surface area contributed by atoms with Crippen molar-refractivity contribution >= 4 is 65.7 Å². The molecule has 4 aromatic heterocycles. The summed E-state index contributed by atoms with van der Waals surface area (Å²) in [6.45, 7) is 0. The first-order valence-electron chi connectivity index (χ1n) is 21.1. The van der Waals surface area contributed by atoms with E-state index in [0.29, 0.717) is 17.5 Å². The Labute approximate surface area is 361 Å². The Bertz CT molecular complexity index is 3900. The van der Waals surface area contributed by atoms with Crippen LogP contribution in [0.15, 0.2) is 215 Å². The van der Waals surface area contributed by atoms with Gasteiger partial charge in [-0.2, -0.15) is 0 Å². The van der Waals surface area contributed by atoms with Crippen LogP contribution in [0.5, 0.6) is 0 Å². The minimum atomic E-state index is 0.554. The zero-order valence-electron chi connectivity index (χ0n) is 33.7. The van der Waals surface area contributed by atoms with Gasteiger partial charge < -0.3 is 13.4 Å². The van der Waals surface area contributed by atoms with E-state index in [4.69, 9.17) is 23.8 Å². The fourth-order valence-corrected chi connectivity index (χ4v) is 9.28. The van der Waals surface area contributed by atoms with Crippen molar-refractivity contribution in [3.63, 3.8) is 0 Å². The van der Waals surface area contributed by atoms with Gasteiger partial charge in [-0.15, -0.1) is 0 Å². The molecule has 294 valence electrons. The molecule has 0 saturated carbocycles. The Kier molecular flexibility index (Phi) is 7.80. The highest BCUT2D eigenvalue weighted by atomic mass is 16.3. The molecule has 6 heteroatoms. The van der Waals surface area contributed by atoms with Crippen LogP contribution in [0.1, 0.15) is 0 Å². The van der Waals surface area contributed by atoms with Crippen molar-refractivity contribution < 1.29 is 8.83 Å². The Morgan fingerprint density at radius 3 is 1.48 bits per heavy atom. The Morgan fingerprint density at radius 1 is 0.302 bits per heavy atom. The third-order valence-corrected chi connectivity index (χ3v) is 12.3. The fourth-order valence-electron chi connectivity index (χ4n) is 9.28. The van der Waals surface area contributed by atoms with Crippen LogP contribution in [-0.2, 0) is 0 Å². The number of rotatable bonds is 6. The molecular weight excluding hydrogens is 773 g/mol. The van der Waals surface area contributed by atoms with Crippen LogP contribution in [0, 0.1) is 0 Å². The molecule has 63 heavy (non-hydrogen) atoms. The predicted molar refractivity (Wildman–Crippen MR) is 256 cm³/mol. The molecule has 0 amide bonds. The van der Waals surface area contributed by atoms with Gasteiger partial charge in [-0.3, -0.25) is 0 Å². The number of para-hydroxylation sites is 1. The third kappa shape index (κ3) is 5.76. The van der Waals surface area contributed by atoms with Crippen molar-refractivity contribution in [2.45, 2.75) is 0 Å². The molecular formula is C57H34N4O2. The van der Waals surface area contributed by atoms with Crippen LogP contribution >= 0.6 is 0 Å². The summed E-state index contributed by atoms with van der Waals surface area (Å²) in [5.74, 6) is 1.70. The molecule has 0 aliphatic carbocycles. The quantitative estimate of drug-likeness (QED) is 0.167. The molecule has 0 spiro atoms. The molecule has 0 radical (unpaired) electrons. The van der Waals surface area contributed by atoms with Gasteiger partial charge in [0.25, 0.3) is 0 Å². The number of aromatic nitrogens is 4. The molecule has 0 bridgehead atoms. The number of nitrogens with zero attached hydrogens (tertiary/aromatic N) is 4. The van der Waals surface area contributed by atoms with Crippen LogP contribution in [0.25, 0.3) is 128 Å². The third-order valence-electron chi connectivity index (χ3n) is 12.3. The molecule has 0 aliphatic rings. The van der Waals surface area contributed by atoms with Crippen molar-refractivity contribution in [3.05, 3.63) is 206 Å². The number of benzene rings is 9. The lowest BCUT2D eigenvalue weighted by Crippen LogP contribution is -2.00. The summed E-state index contributed by atoms with van der Waals surface area (Å²) in [5, 5.41) is 6.62. The first-order chi connectivity index (χ1) is 31.2. The zero-order chi connectivity index (χ0) is 41.4. The first-order valence-corrected chi connectivity index (χ1v) is 21.1. The molecule has 0 N–H and O–H groups in total. The van der Waals surface area contributed by atoms with E-state index >= 15 is 0 Å². The second-order valence-corrected chi connectivity index (χ2v) is 16.0. The van der Waals surface area contributed by atoms with Crippen LogP contribution in [-0.4, -0.2) is 19.5 Å². The van der Waals surface area contributed by atoms with Crippen molar-refractivity contribution in [2.75, 3.05) is 0 Å². The number of fused-ring (bicyclic) bond motifs is 9. The molecule has 13 rings (SSSR count). The van der Waals surface area contributed by atoms with Crippen molar-refractivity contribution in [2.24, 2.45) is 0 Å². The van der Waals surface area contributed by atoms with Crippen molar-refractivity contribution in [1.82, 2.24) is 19.5 Å². The second kappa shape index (κ2) is 14.0. The molecule has 0 fully saturated rings. The summed E-state index contributed by atoms with van der Waals surface area (Å²) in [7, 11) is 0. The minimum absolute atomic E-state index is 0.554. The van der Waals surface area contributed by atoms with Gasteiger partial charge in [0.05, 0.1) is 11.0 Å². The number of hydrogen-bond donors (Lipinski definition) is 0. The van der Waals surface area contributed by atoms with Gasteiger partial charge in [-0.25, -0.2) is 15.0 Å². The first kappa shape index (κ1) is 35.2. The van der Waals surface area contributed by atoms with Crippen LogP contribution < -0.4 is 0 Å². The van der Waals surface area contributed by atoms with Crippen LogP contribution in [0.2, 0.25) is 0 Å². The number of hydrogen-bond acceptors (Lipinski definition) is 5. The fraction of sp³-hybridized carbons (Fsp3) is 0. The maximum atomic E-state index is 6.59. The summed E-state index contributed by atoms with van der Waals surface area (Å²) in [5.41, 5.74) is 13.8. The van der Waals surface area contributed by atoms with Crippen LogP contribution in [0.3, 0.4) is 0 Å². The van der Waals surface area contributed by atoms with Gasteiger partial charge in [0.2, 0.25) is 0 Å². The Hall–Kier alpha value is -8.61. The molecule has 6 nitrogen and oxygen atoms in total. The minimum Gasteiger partial charge on any atom is -0.456 e. The maximum absolute atomic E-state index is 6.59.